The summed E-state index contributed by atoms with van der Waals surface area (Å²) < 4.78 is 28.8. The third-order valence-corrected chi connectivity index (χ3v) is 9.13. The lowest BCUT2D eigenvalue weighted by atomic mass is 10.1. The Morgan fingerprint density at radius 2 is 1.06 bits per heavy atom. The van der Waals surface area contributed by atoms with Gasteiger partial charge >= 0.3 is 23.9 Å². The van der Waals surface area contributed by atoms with Crippen molar-refractivity contribution in [1.82, 2.24) is 24.7 Å². The highest BCUT2D eigenvalue weighted by Crippen LogP contribution is 2.30. The molecule has 0 radical (unpaired) electrons. The Hall–Kier alpha value is -4.36. The predicted molar refractivity (Wildman–Crippen MR) is 185 cm³/mol. The molecule has 2 aromatic rings. The second-order valence-corrected chi connectivity index (χ2v) is 13.7. The maximum absolute atomic E-state index is 13.1. The Morgan fingerprint density at radius 3 is 1.60 bits per heavy atom. The van der Waals surface area contributed by atoms with Crippen LogP contribution in [0.25, 0.3) is 10.8 Å². The van der Waals surface area contributed by atoms with Gasteiger partial charge in [0.05, 0.1) is 37.6 Å². The second kappa shape index (κ2) is 21.0. The van der Waals surface area contributed by atoms with E-state index in [0.717, 1.165) is 16.0 Å². The fourth-order valence-corrected chi connectivity index (χ4v) is 6.59. The van der Waals surface area contributed by atoms with E-state index in [2.05, 4.69) is 10.0 Å². The van der Waals surface area contributed by atoms with Crippen LogP contribution in [0.1, 0.15) is 25.7 Å². The Labute approximate surface area is 291 Å². The van der Waals surface area contributed by atoms with Crippen molar-refractivity contribution in [3.05, 3.63) is 36.4 Å². The number of hydrogen-bond donors (Lipinski definition) is 6. The van der Waals surface area contributed by atoms with E-state index in [9.17, 15) is 42.6 Å². The molecule has 50 heavy (non-hydrogen) atoms. The Morgan fingerprint density at radius 1 is 0.600 bits per heavy atom. The average Bonchev–Trinajstić information content (AvgIpc) is 3.01. The summed E-state index contributed by atoms with van der Waals surface area (Å²) in [4.78, 5) is 63.5. The van der Waals surface area contributed by atoms with Crippen molar-refractivity contribution in [2.45, 2.75) is 30.6 Å². The molecular weight excluding hydrogens is 676 g/mol. The van der Waals surface area contributed by atoms with Crippen LogP contribution in [0.15, 0.2) is 41.3 Å². The maximum Gasteiger partial charge on any atom is 0.317 e. The Kier molecular flexibility index (Phi) is 17.6. The van der Waals surface area contributed by atoms with Crippen LogP contribution in [0.4, 0.5) is 5.69 Å². The van der Waals surface area contributed by atoms with E-state index in [0.29, 0.717) is 37.6 Å². The number of sulfonamides is 1. The van der Waals surface area contributed by atoms with Gasteiger partial charge in [0.2, 0.25) is 15.9 Å². The van der Waals surface area contributed by atoms with Crippen LogP contribution in [0.5, 0.6) is 0 Å². The lowest BCUT2D eigenvalue weighted by Crippen LogP contribution is -2.46. The molecular formula is C32H48N6O11S. The smallest absolute Gasteiger partial charge is 0.317 e. The van der Waals surface area contributed by atoms with Crippen molar-refractivity contribution in [1.29, 1.82) is 0 Å². The number of carboxylic acids is 4. The van der Waals surface area contributed by atoms with Gasteiger partial charge in [-0.25, -0.2) is 13.1 Å². The first-order valence-electron chi connectivity index (χ1n) is 16.1. The highest BCUT2D eigenvalue weighted by atomic mass is 32.2. The zero-order chi connectivity index (χ0) is 37.3. The van der Waals surface area contributed by atoms with E-state index >= 15 is 0 Å². The second-order valence-electron chi connectivity index (χ2n) is 12.0. The molecule has 0 fully saturated rings. The van der Waals surface area contributed by atoms with E-state index in [4.69, 9.17) is 10.2 Å². The summed E-state index contributed by atoms with van der Waals surface area (Å²) in [5.41, 5.74) is 0.915. The monoisotopic (exact) mass is 724 g/mol. The van der Waals surface area contributed by atoms with E-state index in [1.54, 1.807) is 18.2 Å². The SMILES string of the molecule is CN(C)c1cccc2c(S(=O)(=O)NCCCCCCNC(=O)CN(CCN(CCN(CC(=O)O)CC(=O)O)CC(=O)O)CC(=O)O)cccc12. The van der Waals surface area contributed by atoms with Crippen LogP contribution < -0.4 is 14.9 Å². The minimum atomic E-state index is -3.74. The molecule has 17 nitrogen and oxygen atoms in total. The van der Waals surface area contributed by atoms with E-state index in [1.165, 1.54) is 9.80 Å². The molecule has 0 aromatic heterocycles. The van der Waals surface area contributed by atoms with Crippen molar-refractivity contribution < 1.29 is 52.8 Å². The van der Waals surface area contributed by atoms with Crippen LogP contribution >= 0.6 is 0 Å². The first kappa shape index (κ1) is 41.8. The van der Waals surface area contributed by atoms with E-state index < -0.39 is 66.0 Å². The number of fused-ring (bicyclic) bond motifs is 1. The molecule has 2 rings (SSSR count). The van der Waals surface area contributed by atoms with Crippen molar-refractivity contribution in [2.24, 2.45) is 0 Å². The third kappa shape index (κ3) is 15.5. The van der Waals surface area contributed by atoms with Gasteiger partial charge in [-0.05, 0) is 25.0 Å². The maximum atomic E-state index is 13.1. The lowest BCUT2D eigenvalue weighted by Gasteiger charge is -2.27. The molecule has 1 amide bonds. The number of carboxylic acid groups (broad SMARTS) is 4. The molecule has 0 saturated heterocycles. The number of nitrogens with one attached hydrogen (secondary N) is 2. The number of unbranched alkanes of at least 4 members (excludes halogenated alkanes) is 3. The molecule has 0 heterocycles. The molecule has 0 spiro atoms. The lowest BCUT2D eigenvalue weighted by molar-refractivity contribution is -0.143. The van der Waals surface area contributed by atoms with Crippen molar-refractivity contribution in [2.75, 3.05) is 91.0 Å². The summed E-state index contributed by atoms with van der Waals surface area (Å²) in [6.07, 6.45) is 2.62. The number of carbonyl (C=O) groups excluding carboxylic acids is 1. The van der Waals surface area contributed by atoms with E-state index in [-0.39, 0.29) is 44.2 Å². The van der Waals surface area contributed by atoms with Gasteiger partial charge in [0, 0.05) is 69.8 Å². The van der Waals surface area contributed by atoms with Gasteiger partial charge in [-0.15, -0.1) is 0 Å². The number of anilines is 1. The third-order valence-electron chi connectivity index (χ3n) is 7.62. The zero-order valence-electron chi connectivity index (χ0n) is 28.4. The minimum Gasteiger partial charge on any atom is -0.480 e. The van der Waals surface area contributed by atoms with Gasteiger partial charge in [-0.2, -0.15) is 0 Å². The summed E-state index contributed by atoms with van der Waals surface area (Å²) in [6.45, 7) is -1.75. The molecule has 0 aliphatic heterocycles. The van der Waals surface area contributed by atoms with Gasteiger partial charge in [-0.1, -0.05) is 37.1 Å². The molecule has 278 valence electrons. The van der Waals surface area contributed by atoms with Crippen LogP contribution in [0.2, 0.25) is 0 Å². The van der Waals surface area contributed by atoms with Crippen LogP contribution in [-0.4, -0.2) is 159 Å². The first-order valence-corrected chi connectivity index (χ1v) is 17.6. The van der Waals surface area contributed by atoms with Crippen LogP contribution in [0.3, 0.4) is 0 Å². The molecule has 0 bridgehead atoms. The molecule has 18 heteroatoms. The van der Waals surface area contributed by atoms with E-state index in [1.807, 2.05) is 37.2 Å². The predicted octanol–water partition coefficient (Wildman–Crippen LogP) is 0.105. The van der Waals surface area contributed by atoms with Crippen molar-refractivity contribution in [3.8, 4) is 0 Å². The molecule has 2 aromatic carbocycles. The van der Waals surface area contributed by atoms with Crippen LogP contribution in [0, 0.1) is 0 Å². The summed E-state index contributed by atoms with van der Waals surface area (Å²) in [7, 11) is 0.0537. The molecule has 0 aliphatic rings. The first-order chi connectivity index (χ1) is 23.6. The van der Waals surface area contributed by atoms with Gasteiger partial charge < -0.3 is 30.6 Å². The largest absolute Gasteiger partial charge is 0.480 e. The highest BCUT2D eigenvalue weighted by molar-refractivity contribution is 7.89. The van der Waals surface area contributed by atoms with Gasteiger partial charge in [0.15, 0.2) is 0 Å². The average molecular weight is 725 g/mol. The molecule has 0 unspecified atom stereocenters. The quantitative estimate of drug-likeness (QED) is 0.0706. The molecule has 6 N–H and O–H groups in total. The number of aliphatic carboxylic acids is 4. The standard InChI is InChI=1S/C32H48N6O11S/c1-35(2)26-11-7-10-25-24(26)9-8-12-27(25)50(48,49)34-14-6-4-3-5-13-33-28(39)19-37(21-30(42)43)17-15-36(20-29(40)41)16-18-38(22-31(44)45)23-32(46)47/h7-12,34H,3-6,13-23H2,1-2H3,(H,33,39)(H,40,41)(H,42,43)(H,44,45)(H,46,47). The molecule has 0 aliphatic carbocycles. The summed E-state index contributed by atoms with van der Waals surface area (Å²) in [5, 5.41) is 40.8. The number of nitrogens with zero attached hydrogens (tertiary/aromatic N) is 4. The molecule has 0 atom stereocenters. The zero-order valence-corrected chi connectivity index (χ0v) is 29.2. The van der Waals surface area contributed by atoms with Gasteiger partial charge in [0.1, 0.15) is 0 Å². The van der Waals surface area contributed by atoms with Crippen LogP contribution in [-0.2, 0) is 34.0 Å². The van der Waals surface area contributed by atoms with Gasteiger partial charge in [-0.3, -0.25) is 38.7 Å². The minimum absolute atomic E-state index is 0.00218. The summed E-state index contributed by atoms with van der Waals surface area (Å²) in [6, 6.07) is 10.7. The van der Waals surface area contributed by atoms with Gasteiger partial charge in [0.25, 0.3) is 0 Å². The number of benzene rings is 2. The fourth-order valence-electron chi connectivity index (χ4n) is 5.29. The number of rotatable bonds is 26. The normalized spacial score (nSPS) is 11.7. The van der Waals surface area contributed by atoms with Crippen molar-refractivity contribution in [3.63, 3.8) is 0 Å². The number of carbonyl (C=O) groups is 5. The number of amides is 1. The Balaban J connectivity index is 1.78. The number of hydrogen-bond acceptors (Lipinski definition) is 11. The highest BCUT2D eigenvalue weighted by Gasteiger charge is 2.20. The molecule has 0 saturated carbocycles. The fraction of sp³-hybridized carbons (Fsp3) is 0.531. The Bertz CT molecular complexity index is 1550. The topological polar surface area (TPSA) is 237 Å². The summed E-state index contributed by atoms with van der Waals surface area (Å²) >= 11 is 0. The summed E-state index contributed by atoms with van der Waals surface area (Å²) in [5.74, 6) is -5.28. The van der Waals surface area contributed by atoms with Crippen molar-refractivity contribution >= 4 is 56.3 Å².